The summed E-state index contributed by atoms with van der Waals surface area (Å²) >= 11 is 0. The monoisotopic (exact) mass is 343 g/mol. The second-order valence-electron chi connectivity index (χ2n) is 7.33. The molecule has 0 unspecified atom stereocenters. The van der Waals surface area contributed by atoms with E-state index >= 15 is 0 Å². The second kappa shape index (κ2) is 8.48. The van der Waals surface area contributed by atoms with Gasteiger partial charge < -0.3 is 10.2 Å². The van der Waals surface area contributed by atoms with E-state index in [1.165, 1.54) is 32.1 Å². The minimum absolute atomic E-state index is 0.00620. The molecule has 3 rings (SSSR count). The van der Waals surface area contributed by atoms with Gasteiger partial charge in [-0.3, -0.25) is 14.5 Å². The Morgan fingerprint density at radius 3 is 2.32 bits per heavy atom. The molecule has 2 amide bonds. The molecule has 0 bridgehead atoms. The summed E-state index contributed by atoms with van der Waals surface area (Å²) in [6.45, 7) is 2.12. The van der Waals surface area contributed by atoms with Crippen LogP contribution in [0.2, 0.25) is 0 Å². The van der Waals surface area contributed by atoms with Crippen LogP contribution >= 0.6 is 0 Å². The van der Waals surface area contributed by atoms with Crippen molar-refractivity contribution in [3.05, 3.63) is 29.8 Å². The Morgan fingerprint density at radius 1 is 1.04 bits per heavy atom. The molecule has 1 aromatic rings. The van der Waals surface area contributed by atoms with E-state index in [-0.39, 0.29) is 11.8 Å². The van der Waals surface area contributed by atoms with Crippen molar-refractivity contribution in [1.29, 1.82) is 0 Å². The van der Waals surface area contributed by atoms with Crippen molar-refractivity contribution >= 4 is 17.5 Å². The first-order valence-electron chi connectivity index (χ1n) is 9.53. The molecule has 136 valence electrons. The maximum absolute atomic E-state index is 12.3. The van der Waals surface area contributed by atoms with E-state index in [9.17, 15) is 9.59 Å². The van der Waals surface area contributed by atoms with E-state index in [0.717, 1.165) is 31.6 Å². The minimum Gasteiger partial charge on any atom is -0.339 e. The highest BCUT2D eigenvalue weighted by molar-refractivity contribution is 5.96. The Labute approximate surface area is 150 Å². The highest BCUT2D eigenvalue weighted by Crippen LogP contribution is 2.21. The number of amides is 2. The standard InChI is InChI=1S/C20H29N3O2/c1-22(18-7-3-2-4-8-18)15-19(24)21-17-11-9-16(10-12-17)20(25)23-13-5-6-14-23/h9-12,18H,2-8,13-15H2,1H3,(H,21,24). The fraction of sp³-hybridized carbons (Fsp3) is 0.600. The van der Waals surface area contributed by atoms with Gasteiger partial charge in [0.1, 0.15) is 0 Å². The zero-order chi connectivity index (χ0) is 17.6. The number of carbonyl (C=O) groups excluding carboxylic acids is 2. The number of likely N-dealkylation sites (N-methyl/N-ethyl adjacent to an activating group) is 1. The van der Waals surface area contributed by atoms with Gasteiger partial charge in [-0.15, -0.1) is 0 Å². The van der Waals surface area contributed by atoms with Gasteiger partial charge in [0.25, 0.3) is 5.91 Å². The van der Waals surface area contributed by atoms with Gasteiger partial charge in [-0.25, -0.2) is 0 Å². The predicted molar refractivity (Wildman–Crippen MR) is 99.7 cm³/mol. The molecular weight excluding hydrogens is 314 g/mol. The van der Waals surface area contributed by atoms with Crippen molar-refractivity contribution in [2.45, 2.75) is 51.0 Å². The number of rotatable bonds is 5. The number of hydrogen-bond donors (Lipinski definition) is 1. The van der Waals surface area contributed by atoms with Crippen LogP contribution in [0.3, 0.4) is 0 Å². The molecule has 1 aliphatic heterocycles. The number of likely N-dealkylation sites (tertiary alicyclic amines) is 1. The van der Waals surface area contributed by atoms with Crippen LogP contribution in [-0.2, 0) is 4.79 Å². The molecule has 0 atom stereocenters. The maximum atomic E-state index is 12.3. The molecule has 0 aromatic heterocycles. The van der Waals surface area contributed by atoms with Gasteiger partial charge in [0.05, 0.1) is 6.54 Å². The summed E-state index contributed by atoms with van der Waals surface area (Å²) in [4.78, 5) is 28.7. The van der Waals surface area contributed by atoms with Crippen LogP contribution in [-0.4, -0.2) is 54.3 Å². The van der Waals surface area contributed by atoms with Crippen LogP contribution in [0.15, 0.2) is 24.3 Å². The third-order valence-corrected chi connectivity index (χ3v) is 5.40. The number of carbonyl (C=O) groups is 2. The fourth-order valence-electron chi connectivity index (χ4n) is 3.88. The first-order valence-corrected chi connectivity index (χ1v) is 9.53. The first-order chi connectivity index (χ1) is 12.1. The Kier molecular flexibility index (Phi) is 6.08. The number of anilines is 1. The average Bonchev–Trinajstić information content (AvgIpc) is 3.17. The van der Waals surface area contributed by atoms with Crippen LogP contribution in [0, 0.1) is 0 Å². The summed E-state index contributed by atoms with van der Waals surface area (Å²) in [6.07, 6.45) is 8.42. The Hall–Kier alpha value is -1.88. The maximum Gasteiger partial charge on any atom is 0.253 e. The Morgan fingerprint density at radius 2 is 1.68 bits per heavy atom. The van der Waals surface area contributed by atoms with E-state index in [0.29, 0.717) is 18.2 Å². The van der Waals surface area contributed by atoms with Crippen molar-refractivity contribution in [1.82, 2.24) is 9.80 Å². The van der Waals surface area contributed by atoms with Gasteiger partial charge in [-0.05, 0) is 57.0 Å². The smallest absolute Gasteiger partial charge is 0.253 e. The number of nitrogens with one attached hydrogen (secondary N) is 1. The van der Waals surface area contributed by atoms with E-state index in [1.807, 2.05) is 24.1 Å². The van der Waals surface area contributed by atoms with Crippen LogP contribution in [0.25, 0.3) is 0 Å². The third-order valence-electron chi connectivity index (χ3n) is 5.40. The number of nitrogens with zero attached hydrogens (tertiary/aromatic N) is 2. The van der Waals surface area contributed by atoms with E-state index in [1.54, 1.807) is 12.1 Å². The quantitative estimate of drug-likeness (QED) is 0.894. The summed E-state index contributed by atoms with van der Waals surface area (Å²) in [5, 5.41) is 2.94. The third kappa shape index (κ3) is 4.82. The lowest BCUT2D eigenvalue weighted by Crippen LogP contribution is -2.39. The van der Waals surface area contributed by atoms with Crippen LogP contribution < -0.4 is 5.32 Å². The topological polar surface area (TPSA) is 52.7 Å². The molecule has 25 heavy (non-hydrogen) atoms. The van der Waals surface area contributed by atoms with E-state index < -0.39 is 0 Å². The van der Waals surface area contributed by atoms with Crippen molar-refractivity contribution in [3.63, 3.8) is 0 Å². The highest BCUT2D eigenvalue weighted by Gasteiger charge is 2.21. The fourth-order valence-corrected chi connectivity index (χ4v) is 3.88. The van der Waals surface area contributed by atoms with Crippen molar-refractivity contribution in [3.8, 4) is 0 Å². The van der Waals surface area contributed by atoms with Gasteiger partial charge in [0.15, 0.2) is 0 Å². The van der Waals surface area contributed by atoms with Gasteiger partial charge in [0.2, 0.25) is 5.91 Å². The largest absolute Gasteiger partial charge is 0.339 e. The summed E-state index contributed by atoms with van der Waals surface area (Å²) < 4.78 is 0. The molecule has 1 aromatic carbocycles. The van der Waals surface area contributed by atoms with E-state index in [4.69, 9.17) is 0 Å². The molecule has 1 aliphatic carbocycles. The lowest BCUT2D eigenvalue weighted by molar-refractivity contribution is -0.117. The molecule has 0 spiro atoms. The molecule has 2 fully saturated rings. The molecule has 1 N–H and O–H groups in total. The molecular formula is C20H29N3O2. The molecule has 2 aliphatic rings. The Balaban J connectivity index is 1.50. The Bertz CT molecular complexity index is 587. The highest BCUT2D eigenvalue weighted by atomic mass is 16.2. The summed E-state index contributed by atoms with van der Waals surface area (Å²) in [5.41, 5.74) is 1.44. The van der Waals surface area contributed by atoms with Crippen LogP contribution in [0.4, 0.5) is 5.69 Å². The van der Waals surface area contributed by atoms with Gasteiger partial charge in [-0.2, -0.15) is 0 Å². The molecule has 0 radical (unpaired) electrons. The molecule has 1 heterocycles. The number of hydrogen-bond acceptors (Lipinski definition) is 3. The van der Waals surface area contributed by atoms with Gasteiger partial charge in [-0.1, -0.05) is 19.3 Å². The summed E-state index contributed by atoms with van der Waals surface area (Å²) in [5.74, 6) is 0.0964. The zero-order valence-electron chi connectivity index (χ0n) is 15.2. The molecule has 5 heteroatoms. The predicted octanol–water partition coefficient (Wildman–Crippen LogP) is 3.13. The average molecular weight is 343 g/mol. The molecule has 1 saturated heterocycles. The lowest BCUT2D eigenvalue weighted by atomic mass is 9.94. The van der Waals surface area contributed by atoms with E-state index in [2.05, 4.69) is 10.2 Å². The van der Waals surface area contributed by atoms with Crippen LogP contribution in [0.1, 0.15) is 55.3 Å². The van der Waals surface area contributed by atoms with Gasteiger partial charge in [0, 0.05) is 30.4 Å². The molecule has 1 saturated carbocycles. The minimum atomic E-state index is 0.00620. The summed E-state index contributed by atoms with van der Waals surface area (Å²) in [7, 11) is 2.04. The van der Waals surface area contributed by atoms with Crippen molar-refractivity contribution in [2.24, 2.45) is 0 Å². The van der Waals surface area contributed by atoms with Crippen molar-refractivity contribution in [2.75, 3.05) is 32.0 Å². The lowest BCUT2D eigenvalue weighted by Gasteiger charge is -2.30. The first kappa shape index (κ1) is 17.9. The summed E-state index contributed by atoms with van der Waals surface area (Å²) in [6, 6.07) is 7.78. The van der Waals surface area contributed by atoms with Crippen LogP contribution in [0.5, 0.6) is 0 Å². The van der Waals surface area contributed by atoms with Gasteiger partial charge >= 0.3 is 0 Å². The molecule has 5 nitrogen and oxygen atoms in total. The number of benzene rings is 1. The second-order valence-corrected chi connectivity index (χ2v) is 7.33. The zero-order valence-corrected chi connectivity index (χ0v) is 15.2. The van der Waals surface area contributed by atoms with Crippen molar-refractivity contribution < 1.29 is 9.59 Å². The normalized spacial score (nSPS) is 18.6. The SMILES string of the molecule is CN(CC(=O)Nc1ccc(C(=O)N2CCCC2)cc1)C1CCCCC1.